The molecule has 1 aromatic carbocycles. The topological polar surface area (TPSA) is 131 Å². The molecular formula is C13H12FN3O5S. The third-order valence-corrected chi connectivity index (χ3v) is 4.34. The Morgan fingerprint density at radius 2 is 1.96 bits per heavy atom. The number of primary amides is 1. The molecule has 0 spiro atoms. The van der Waals surface area contributed by atoms with E-state index in [2.05, 4.69) is 4.72 Å². The number of carboxylic acids is 1. The number of nitrogens with one attached hydrogen (secondary N) is 1. The van der Waals surface area contributed by atoms with Gasteiger partial charge in [-0.15, -0.1) is 0 Å². The van der Waals surface area contributed by atoms with E-state index in [4.69, 9.17) is 10.8 Å². The van der Waals surface area contributed by atoms with Crippen LogP contribution >= 0.6 is 0 Å². The Labute approximate surface area is 130 Å². The van der Waals surface area contributed by atoms with E-state index in [0.29, 0.717) is 0 Å². The third kappa shape index (κ3) is 3.31. The number of rotatable bonds is 5. The van der Waals surface area contributed by atoms with E-state index in [9.17, 15) is 22.4 Å². The predicted octanol–water partition coefficient (Wildman–Crippen LogP) is 0.762. The van der Waals surface area contributed by atoms with Gasteiger partial charge in [-0.25, -0.2) is 17.6 Å². The lowest BCUT2D eigenvalue weighted by atomic mass is 10.2. The molecule has 4 N–H and O–H groups in total. The molecule has 0 bridgehead atoms. The maximum absolute atomic E-state index is 13.6. The van der Waals surface area contributed by atoms with Crippen LogP contribution in [-0.4, -0.2) is 30.0 Å². The number of carbonyl (C=O) groups excluding carboxylic acids is 1. The highest BCUT2D eigenvalue weighted by molar-refractivity contribution is 7.92. The molecule has 0 aliphatic carbocycles. The zero-order chi connectivity index (χ0) is 17.4. The van der Waals surface area contributed by atoms with Crippen molar-refractivity contribution in [2.45, 2.75) is 4.90 Å². The minimum Gasteiger partial charge on any atom is -0.478 e. The van der Waals surface area contributed by atoms with Gasteiger partial charge in [-0.2, -0.15) is 0 Å². The molecule has 0 aliphatic rings. The summed E-state index contributed by atoms with van der Waals surface area (Å²) in [5, 5.41) is 8.73. The van der Waals surface area contributed by atoms with Crippen molar-refractivity contribution in [1.29, 1.82) is 0 Å². The normalized spacial score (nSPS) is 11.2. The number of benzene rings is 1. The first-order chi connectivity index (χ1) is 10.6. The van der Waals surface area contributed by atoms with Crippen molar-refractivity contribution in [3.05, 3.63) is 47.5 Å². The molecule has 0 fully saturated rings. The molecule has 23 heavy (non-hydrogen) atoms. The number of amides is 1. The Morgan fingerprint density at radius 1 is 1.30 bits per heavy atom. The van der Waals surface area contributed by atoms with E-state index in [-0.39, 0.29) is 16.3 Å². The molecule has 0 aliphatic heterocycles. The summed E-state index contributed by atoms with van der Waals surface area (Å²) >= 11 is 0. The smallest absolute Gasteiger partial charge is 0.338 e. The molecule has 2 rings (SSSR count). The van der Waals surface area contributed by atoms with E-state index >= 15 is 0 Å². The molecule has 10 heteroatoms. The second-order valence-corrected chi connectivity index (χ2v) is 6.32. The number of aromatic carboxylic acids is 1. The van der Waals surface area contributed by atoms with Crippen LogP contribution < -0.4 is 10.5 Å². The Balaban J connectivity index is 2.35. The number of carbonyl (C=O) groups is 2. The van der Waals surface area contributed by atoms with Gasteiger partial charge in [-0.05, 0) is 24.3 Å². The summed E-state index contributed by atoms with van der Waals surface area (Å²) in [6, 6.07) is 3.88. The molecule has 0 radical (unpaired) electrons. The first kappa shape index (κ1) is 16.5. The largest absolute Gasteiger partial charge is 0.478 e. The number of carboxylic acid groups (broad SMARTS) is 1. The van der Waals surface area contributed by atoms with Crippen molar-refractivity contribution in [2.75, 3.05) is 4.72 Å². The number of sulfonamides is 1. The molecule has 1 amide bonds. The number of nitrogens with two attached hydrogens (primary N) is 1. The van der Waals surface area contributed by atoms with Gasteiger partial charge in [-0.1, -0.05) is 0 Å². The summed E-state index contributed by atoms with van der Waals surface area (Å²) in [5.74, 6) is -3.35. The van der Waals surface area contributed by atoms with E-state index in [1.807, 2.05) is 0 Å². The zero-order valence-corrected chi connectivity index (χ0v) is 12.6. The summed E-state index contributed by atoms with van der Waals surface area (Å²) in [5.41, 5.74) is 4.36. The van der Waals surface area contributed by atoms with E-state index in [1.54, 1.807) is 0 Å². The monoisotopic (exact) mass is 341 g/mol. The highest BCUT2D eigenvalue weighted by atomic mass is 32.2. The number of hydrogen-bond acceptors (Lipinski definition) is 4. The molecule has 1 heterocycles. The first-order valence-corrected chi connectivity index (χ1v) is 7.62. The number of nitrogens with zero attached hydrogens (tertiary/aromatic N) is 1. The van der Waals surface area contributed by atoms with Crippen molar-refractivity contribution in [1.82, 2.24) is 4.57 Å². The van der Waals surface area contributed by atoms with Crippen LogP contribution in [0.15, 0.2) is 35.4 Å². The first-order valence-electron chi connectivity index (χ1n) is 6.13. The summed E-state index contributed by atoms with van der Waals surface area (Å²) in [7, 11) is -2.65. The van der Waals surface area contributed by atoms with Crippen molar-refractivity contribution in [2.24, 2.45) is 12.8 Å². The zero-order valence-electron chi connectivity index (χ0n) is 11.8. The second-order valence-electron chi connectivity index (χ2n) is 4.64. The molecule has 8 nitrogen and oxygen atoms in total. The van der Waals surface area contributed by atoms with Gasteiger partial charge in [0, 0.05) is 13.2 Å². The summed E-state index contributed by atoms with van der Waals surface area (Å²) in [4.78, 5) is 21.6. The second kappa shape index (κ2) is 5.72. The molecular weight excluding hydrogens is 329 g/mol. The fourth-order valence-electron chi connectivity index (χ4n) is 1.89. The molecule has 2 aromatic rings. The van der Waals surface area contributed by atoms with Gasteiger partial charge < -0.3 is 15.4 Å². The Kier molecular flexibility index (Phi) is 4.10. The van der Waals surface area contributed by atoms with Gasteiger partial charge in [0.05, 0.1) is 11.3 Å². The minimum atomic E-state index is -4.09. The maximum Gasteiger partial charge on any atom is 0.338 e. The summed E-state index contributed by atoms with van der Waals surface area (Å²) in [6.45, 7) is 0. The highest BCUT2D eigenvalue weighted by Crippen LogP contribution is 2.20. The lowest BCUT2D eigenvalue weighted by Gasteiger charge is -2.07. The quantitative estimate of drug-likeness (QED) is 0.739. The molecule has 1 aromatic heterocycles. The van der Waals surface area contributed by atoms with Gasteiger partial charge in [-0.3, -0.25) is 9.52 Å². The Hall–Kier alpha value is -2.88. The van der Waals surface area contributed by atoms with Gasteiger partial charge in [0.25, 0.3) is 15.9 Å². The fraction of sp³-hybridized carbons (Fsp3) is 0.0769. The minimum absolute atomic E-state index is 0.0159. The van der Waals surface area contributed by atoms with Gasteiger partial charge in [0.1, 0.15) is 16.4 Å². The van der Waals surface area contributed by atoms with Crippen LogP contribution in [0.25, 0.3) is 0 Å². The van der Waals surface area contributed by atoms with Gasteiger partial charge in [0.2, 0.25) is 0 Å². The van der Waals surface area contributed by atoms with Gasteiger partial charge >= 0.3 is 5.97 Å². The molecule has 122 valence electrons. The summed E-state index contributed by atoms with van der Waals surface area (Å²) < 4.78 is 41.3. The van der Waals surface area contributed by atoms with Crippen LogP contribution in [0.1, 0.15) is 20.8 Å². The highest BCUT2D eigenvalue weighted by Gasteiger charge is 2.20. The van der Waals surface area contributed by atoms with E-state index in [1.165, 1.54) is 17.8 Å². The van der Waals surface area contributed by atoms with E-state index < -0.39 is 33.3 Å². The van der Waals surface area contributed by atoms with Crippen molar-refractivity contribution < 1.29 is 27.5 Å². The number of aryl methyl sites for hydroxylation is 1. The third-order valence-electron chi connectivity index (χ3n) is 2.99. The van der Waals surface area contributed by atoms with Crippen molar-refractivity contribution in [3.63, 3.8) is 0 Å². The standard InChI is InChI=1S/C13H12FN3O5S/c1-17-6-8(5-11(17)12(15)18)23(21,22)16-7-2-3-9(13(19)20)10(14)4-7/h2-6,16H,1H3,(H2,15,18)(H,19,20). The lowest BCUT2D eigenvalue weighted by Crippen LogP contribution is -2.14. The van der Waals surface area contributed by atoms with Crippen LogP contribution in [0.4, 0.5) is 10.1 Å². The lowest BCUT2D eigenvalue weighted by molar-refractivity contribution is 0.0691. The molecule has 0 saturated carbocycles. The fourth-order valence-corrected chi connectivity index (χ4v) is 3.01. The maximum atomic E-state index is 13.6. The molecule has 0 saturated heterocycles. The van der Waals surface area contributed by atoms with Gasteiger partial charge in [0.15, 0.2) is 0 Å². The average Bonchev–Trinajstić information content (AvgIpc) is 2.81. The van der Waals surface area contributed by atoms with Crippen molar-refractivity contribution in [3.8, 4) is 0 Å². The average molecular weight is 341 g/mol. The Bertz CT molecular complexity index is 904. The summed E-state index contributed by atoms with van der Waals surface area (Å²) in [6.07, 6.45) is 1.17. The van der Waals surface area contributed by atoms with Crippen molar-refractivity contribution >= 4 is 27.6 Å². The van der Waals surface area contributed by atoms with Crippen LogP contribution in [0.5, 0.6) is 0 Å². The predicted molar refractivity (Wildman–Crippen MR) is 78.1 cm³/mol. The van der Waals surface area contributed by atoms with E-state index in [0.717, 1.165) is 24.3 Å². The molecule has 0 atom stereocenters. The van der Waals surface area contributed by atoms with Crippen LogP contribution in [0.3, 0.4) is 0 Å². The SMILES string of the molecule is Cn1cc(S(=O)(=O)Nc2ccc(C(=O)O)c(F)c2)cc1C(N)=O. The number of anilines is 1. The number of aromatic nitrogens is 1. The number of hydrogen-bond donors (Lipinski definition) is 3. The molecule has 0 unspecified atom stereocenters. The Morgan fingerprint density at radius 3 is 2.43 bits per heavy atom. The number of halogens is 1. The van der Waals surface area contributed by atoms with Crippen LogP contribution in [-0.2, 0) is 17.1 Å². The van der Waals surface area contributed by atoms with Crippen LogP contribution in [0, 0.1) is 5.82 Å². The van der Waals surface area contributed by atoms with Crippen LogP contribution in [0.2, 0.25) is 0 Å².